The van der Waals surface area contributed by atoms with E-state index >= 15 is 0 Å². The minimum Gasteiger partial charge on any atom is -0.496 e. The van der Waals surface area contributed by atoms with Crippen LogP contribution < -0.4 is 10.3 Å². The number of rotatable bonds is 5. The third kappa shape index (κ3) is 3.21. The topological polar surface area (TPSA) is 45.3 Å². The highest BCUT2D eigenvalue weighted by atomic mass is 32.1. The van der Waals surface area contributed by atoms with Crippen LogP contribution in [0.1, 0.15) is 12.5 Å². The number of hydrogen-bond acceptors (Lipinski definition) is 4. The number of ether oxygens (including phenoxy) is 1. The van der Waals surface area contributed by atoms with Crippen molar-refractivity contribution in [3.63, 3.8) is 0 Å². The molecule has 0 saturated carbocycles. The second-order valence-electron chi connectivity index (χ2n) is 7.40. The predicted octanol–water partition coefficient (Wildman–Crippen LogP) is 4.91. The monoisotopic (exact) mass is 392 g/mol. The zero-order chi connectivity index (χ0) is 19.8. The Hall–Kier alpha value is -2.63. The van der Waals surface area contributed by atoms with Crippen LogP contribution in [-0.2, 0) is 6.42 Å². The summed E-state index contributed by atoms with van der Waals surface area (Å²) >= 11 is 1.47. The van der Waals surface area contributed by atoms with Gasteiger partial charge in [0.1, 0.15) is 10.4 Å². The molecule has 2 aromatic heterocycles. The van der Waals surface area contributed by atoms with Gasteiger partial charge in [-0.15, -0.1) is 11.3 Å². The van der Waals surface area contributed by atoms with Crippen molar-refractivity contribution in [3.05, 3.63) is 63.8 Å². The Morgan fingerprint density at radius 2 is 1.86 bits per heavy atom. The Bertz CT molecular complexity index is 1190. The van der Waals surface area contributed by atoms with E-state index in [2.05, 4.69) is 55.2 Å². The quantitative estimate of drug-likeness (QED) is 0.525. The van der Waals surface area contributed by atoms with Crippen LogP contribution in [0.2, 0.25) is 0 Å². The van der Waals surface area contributed by atoms with Crippen LogP contribution in [0, 0.1) is 0 Å². The first kappa shape index (κ1) is 18.7. The lowest BCUT2D eigenvalue weighted by Crippen LogP contribution is -2.26. The van der Waals surface area contributed by atoms with Crippen molar-refractivity contribution in [2.75, 3.05) is 21.2 Å². The first-order valence-corrected chi connectivity index (χ1v) is 10.2. The van der Waals surface area contributed by atoms with E-state index in [-0.39, 0.29) is 5.56 Å². The molecule has 0 aliphatic carbocycles. The van der Waals surface area contributed by atoms with Crippen LogP contribution in [0.5, 0.6) is 5.75 Å². The zero-order valence-electron chi connectivity index (χ0n) is 16.6. The summed E-state index contributed by atoms with van der Waals surface area (Å²) in [6.07, 6.45) is 1.00. The lowest BCUT2D eigenvalue weighted by atomic mass is 9.95. The van der Waals surface area contributed by atoms with Gasteiger partial charge in [0, 0.05) is 27.9 Å². The molecule has 1 N–H and O–H groups in total. The van der Waals surface area contributed by atoms with Gasteiger partial charge in [-0.1, -0.05) is 24.3 Å². The van der Waals surface area contributed by atoms with E-state index in [4.69, 9.17) is 4.74 Å². The summed E-state index contributed by atoms with van der Waals surface area (Å²) in [5, 5.41) is 3.97. The molecule has 28 heavy (non-hydrogen) atoms. The van der Waals surface area contributed by atoms with Crippen LogP contribution >= 0.6 is 11.3 Å². The summed E-state index contributed by atoms with van der Waals surface area (Å²) in [6, 6.07) is 15.0. The molecule has 0 aliphatic heterocycles. The average molecular weight is 393 g/mol. The van der Waals surface area contributed by atoms with E-state index in [0.717, 1.165) is 44.3 Å². The number of nitrogens with one attached hydrogen (secondary N) is 1. The Kier molecular flexibility index (Phi) is 4.96. The number of nitrogens with zero attached hydrogens (tertiary/aromatic N) is 1. The number of fused-ring (bicyclic) bond motifs is 3. The standard InChI is InChI=1S/C23H24N2O2S/c1-14(25(2)3)13-15-5-7-16(8-6-15)20-19(27-4)10-9-18-21(20)17-11-12-28-22(17)23(26)24-18/h5-12,14H,13H2,1-4H3,(H,24,26). The van der Waals surface area contributed by atoms with Crippen molar-refractivity contribution in [1.82, 2.24) is 9.88 Å². The molecule has 2 heterocycles. The van der Waals surface area contributed by atoms with Gasteiger partial charge in [-0.05, 0) is 62.1 Å². The minimum absolute atomic E-state index is 0.0402. The van der Waals surface area contributed by atoms with Gasteiger partial charge >= 0.3 is 0 Å². The lowest BCUT2D eigenvalue weighted by Gasteiger charge is -2.20. The highest BCUT2D eigenvalue weighted by Gasteiger charge is 2.16. The van der Waals surface area contributed by atoms with Crippen molar-refractivity contribution < 1.29 is 4.74 Å². The summed E-state index contributed by atoms with van der Waals surface area (Å²) in [5.41, 5.74) is 4.20. The molecule has 4 aromatic rings. The first-order chi connectivity index (χ1) is 13.5. The zero-order valence-corrected chi connectivity index (χ0v) is 17.4. The van der Waals surface area contributed by atoms with Crippen LogP contribution in [0.3, 0.4) is 0 Å². The summed E-state index contributed by atoms with van der Waals surface area (Å²) in [6.45, 7) is 2.23. The number of likely N-dealkylation sites (N-methyl/N-ethyl adjacent to an activating group) is 1. The van der Waals surface area contributed by atoms with Gasteiger partial charge in [-0.2, -0.15) is 0 Å². The van der Waals surface area contributed by atoms with Gasteiger partial charge in [0.25, 0.3) is 5.56 Å². The van der Waals surface area contributed by atoms with E-state index in [1.807, 2.05) is 23.6 Å². The smallest absolute Gasteiger partial charge is 0.266 e. The van der Waals surface area contributed by atoms with E-state index in [1.54, 1.807) is 7.11 Å². The number of aromatic nitrogens is 1. The normalized spacial score (nSPS) is 12.8. The molecule has 0 bridgehead atoms. The lowest BCUT2D eigenvalue weighted by molar-refractivity contribution is 0.312. The Balaban J connectivity index is 1.90. The third-order valence-corrected chi connectivity index (χ3v) is 6.34. The van der Waals surface area contributed by atoms with E-state index in [1.165, 1.54) is 16.9 Å². The number of H-pyrrole nitrogens is 1. The Morgan fingerprint density at radius 1 is 1.11 bits per heavy atom. The SMILES string of the molecule is COc1ccc2[nH]c(=O)c3sccc3c2c1-c1ccc(CC(C)N(C)C)cc1. The molecule has 0 radical (unpaired) electrons. The molecule has 4 rings (SSSR count). The third-order valence-electron chi connectivity index (χ3n) is 5.43. The van der Waals surface area contributed by atoms with E-state index in [9.17, 15) is 4.79 Å². The number of pyridine rings is 1. The molecule has 4 nitrogen and oxygen atoms in total. The van der Waals surface area contributed by atoms with Gasteiger partial charge in [0.2, 0.25) is 0 Å². The highest BCUT2D eigenvalue weighted by molar-refractivity contribution is 7.17. The fraction of sp³-hybridized carbons (Fsp3) is 0.261. The molecule has 144 valence electrons. The molecule has 0 fully saturated rings. The minimum atomic E-state index is -0.0402. The van der Waals surface area contributed by atoms with Crippen molar-refractivity contribution >= 4 is 32.3 Å². The summed E-state index contributed by atoms with van der Waals surface area (Å²) in [7, 11) is 5.90. The van der Waals surface area contributed by atoms with Crippen LogP contribution in [0.15, 0.2) is 52.6 Å². The second kappa shape index (κ2) is 7.41. The van der Waals surface area contributed by atoms with Gasteiger partial charge in [0.15, 0.2) is 0 Å². The van der Waals surface area contributed by atoms with Gasteiger partial charge < -0.3 is 14.6 Å². The molecule has 0 aliphatic rings. The number of benzene rings is 2. The van der Waals surface area contributed by atoms with Gasteiger partial charge in [-0.25, -0.2) is 0 Å². The first-order valence-electron chi connectivity index (χ1n) is 9.35. The molecule has 1 atom stereocenters. The fourth-order valence-electron chi connectivity index (χ4n) is 3.62. The number of aromatic amines is 1. The number of methoxy groups -OCH3 is 1. The maximum absolute atomic E-state index is 12.4. The van der Waals surface area contributed by atoms with Crippen molar-refractivity contribution in [2.24, 2.45) is 0 Å². The fourth-order valence-corrected chi connectivity index (χ4v) is 4.41. The molecular formula is C23H24N2O2S. The molecule has 2 aromatic carbocycles. The number of hydrogen-bond donors (Lipinski definition) is 1. The van der Waals surface area contributed by atoms with Crippen molar-refractivity contribution in [1.29, 1.82) is 0 Å². The highest BCUT2D eigenvalue weighted by Crippen LogP contribution is 2.40. The van der Waals surface area contributed by atoms with Crippen molar-refractivity contribution in [2.45, 2.75) is 19.4 Å². The molecule has 5 heteroatoms. The predicted molar refractivity (Wildman–Crippen MR) is 119 cm³/mol. The maximum atomic E-state index is 12.4. The number of thiophene rings is 1. The molecular weight excluding hydrogens is 368 g/mol. The second-order valence-corrected chi connectivity index (χ2v) is 8.31. The maximum Gasteiger partial charge on any atom is 0.266 e. The van der Waals surface area contributed by atoms with Crippen LogP contribution in [0.25, 0.3) is 32.1 Å². The van der Waals surface area contributed by atoms with Gasteiger partial charge in [0.05, 0.1) is 7.11 Å². The largest absolute Gasteiger partial charge is 0.496 e. The molecule has 0 amide bonds. The van der Waals surface area contributed by atoms with E-state index < -0.39 is 0 Å². The Morgan fingerprint density at radius 3 is 2.54 bits per heavy atom. The summed E-state index contributed by atoms with van der Waals surface area (Å²) in [4.78, 5) is 17.6. The van der Waals surface area contributed by atoms with E-state index in [0.29, 0.717) is 6.04 Å². The molecule has 1 unspecified atom stereocenters. The van der Waals surface area contributed by atoms with Gasteiger partial charge in [-0.3, -0.25) is 4.79 Å². The van der Waals surface area contributed by atoms with Crippen LogP contribution in [0.4, 0.5) is 0 Å². The van der Waals surface area contributed by atoms with Crippen LogP contribution in [-0.4, -0.2) is 37.1 Å². The molecule has 0 spiro atoms. The summed E-state index contributed by atoms with van der Waals surface area (Å²) in [5.74, 6) is 0.807. The average Bonchev–Trinajstić information content (AvgIpc) is 3.18. The molecule has 0 saturated heterocycles. The summed E-state index contributed by atoms with van der Waals surface area (Å²) < 4.78 is 6.44. The van der Waals surface area contributed by atoms with Crippen molar-refractivity contribution in [3.8, 4) is 16.9 Å². The Labute approximate surface area is 168 Å².